The van der Waals surface area contributed by atoms with Crippen LogP contribution in [0.3, 0.4) is 0 Å². The second-order valence-electron chi connectivity index (χ2n) is 11.6. The van der Waals surface area contributed by atoms with Crippen molar-refractivity contribution in [1.82, 2.24) is 5.32 Å². The van der Waals surface area contributed by atoms with Gasteiger partial charge in [-0.25, -0.2) is 4.79 Å². The first kappa shape index (κ1) is 29.2. The van der Waals surface area contributed by atoms with Crippen LogP contribution >= 0.6 is 0 Å². The molecule has 0 heterocycles. The van der Waals surface area contributed by atoms with E-state index < -0.39 is 12.0 Å². The highest BCUT2D eigenvalue weighted by Crippen LogP contribution is 2.33. The van der Waals surface area contributed by atoms with Crippen LogP contribution in [0, 0.1) is 17.8 Å². The number of carbonyl (C=O) groups is 2. The monoisotopic (exact) mass is 533 g/mol. The highest BCUT2D eigenvalue weighted by Gasteiger charge is 2.32. The van der Waals surface area contributed by atoms with Gasteiger partial charge in [-0.15, -0.1) is 0 Å². The van der Waals surface area contributed by atoms with Crippen LogP contribution in [0.1, 0.15) is 88.2 Å². The van der Waals surface area contributed by atoms with Crippen LogP contribution < -0.4 is 10.1 Å². The van der Waals surface area contributed by atoms with E-state index in [2.05, 4.69) is 29.6 Å². The summed E-state index contributed by atoms with van der Waals surface area (Å²) in [6, 6.07) is 17.7. The minimum atomic E-state index is -0.697. The summed E-state index contributed by atoms with van der Waals surface area (Å²) in [5.41, 5.74) is 2.29. The van der Waals surface area contributed by atoms with Crippen molar-refractivity contribution in [3.63, 3.8) is 0 Å². The summed E-state index contributed by atoms with van der Waals surface area (Å²) < 4.78 is 11.1. The van der Waals surface area contributed by atoms with Crippen molar-refractivity contribution in [3.8, 4) is 5.75 Å². The summed E-state index contributed by atoms with van der Waals surface area (Å²) in [5.74, 6) is 1.43. The van der Waals surface area contributed by atoms with Crippen LogP contribution in [-0.4, -0.2) is 31.6 Å². The molecule has 1 amide bonds. The second-order valence-corrected chi connectivity index (χ2v) is 11.6. The topological polar surface area (TPSA) is 64.6 Å². The molecule has 0 radical (unpaired) electrons. The Kier molecular flexibility index (Phi) is 11.7. The molecule has 5 nitrogen and oxygen atoms in total. The number of hydrogen-bond acceptors (Lipinski definition) is 4. The SMILES string of the molecule is COC(=O)C(Cc1ccc(OCC2CCCCC2)cc1)NC(=O)[C@@H](CCCc1ccccc1)C1CCCCC1. The molecular weight excluding hydrogens is 486 g/mol. The highest BCUT2D eigenvalue weighted by atomic mass is 16.5. The zero-order valence-corrected chi connectivity index (χ0v) is 23.7. The third-order valence-corrected chi connectivity index (χ3v) is 8.75. The number of esters is 1. The third-order valence-electron chi connectivity index (χ3n) is 8.75. The van der Waals surface area contributed by atoms with Crippen molar-refractivity contribution in [2.24, 2.45) is 17.8 Å². The molecule has 2 fully saturated rings. The van der Waals surface area contributed by atoms with E-state index in [4.69, 9.17) is 9.47 Å². The summed E-state index contributed by atoms with van der Waals surface area (Å²) in [7, 11) is 1.39. The van der Waals surface area contributed by atoms with Crippen molar-refractivity contribution in [2.75, 3.05) is 13.7 Å². The van der Waals surface area contributed by atoms with E-state index in [9.17, 15) is 9.59 Å². The number of hydrogen-bond donors (Lipinski definition) is 1. The lowest BCUT2D eigenvalue weighted by Crippen LogP contribution is -2.47. The summed E-state index contributed by atoms with van der Waals surface area (Å²) in [4.78, 5) is 26.4. The minimum absolute atomic E-state index is 0.00204. The Hall–Kier alpha value is -2.82. The number of ether oxygens (including phenoxy) is 2. The molecule has 1 unspecified atom stereocenters. The molecule has 2 atom stereocenters. The largest absolute Gasteiger partial charge is 0.493 e. The molecule has 0 aromatic heterocycles. The van der Waals surface area contributed by atoms with E-state index in [0.29, 0.717) is 18.3 Å². The van der Waals surface area contributed by atoms with E-state index in [1.807, 2.05) is 30.3 Å². The van der Waals surface area contributed by atoms with Crippen molar-refractivity contribution in [1.29, 1.82) is 0 Å². The van der Waals surface area contributed by atoms with Crippen LogP contribution in [0.4, 0.5) is 0 Å². The first-order chi connectivity index (χ1) is 19.1. The number of methoxy groups -OCH3 is 1. The predicted molar refractivity (Wildman–Crippen MR) is 156 cm³/mol. The van der Waals surface area contributed by atoms with Gasteiger partial charge in [0.1, 0.15) is 11.8 Å². The lowest BCUT2D eigenvalue weighted by molar-refractivity contribution is -0.146. The lowest BCUT2D eigenvalue weighted by atomic mass is 9.77. The van der Waals surface area contributed by atoms with Gasteiger partial charge in [0.15, 0.2) is 0 Å². The van der Waals surface area contributed by atoms with E-state index in [-0.39, 0.29) is 11.8 Å². The van der Waals surface area contributed by atoms with Gasteiger partial charge in [0.2, 0.25) is 5.91 Å². The Labute approximate surface area is 235 Å². The van der Waals surface area contributed by atoms with Crippen molar-refractivity contribution in [3.05, 3.63) is 65.7 Å². The van der Waals surface area contributed by atoms with E-state index in [1.54, 1.807) is 0 Å². The Balaban J connectivity index is 1.35. The Morgan fingerprint density at radius 2 is 1.51 bits per heavy atom. The second kappa shape index (κ2) is 15.7. The van der Waals surface area contributed by atoms with Gasteiger partial charge >= 0.3 is 5.97 Å². The van der Waals surface area contributed by atoms with Gasteiger partial charge in [-0.05, 0) is 80.0 Å². The average Bonchev–Trinajstić information content (AvgIpc) is 2.99. The van der Waals surface area contributed by atoms with Gasteiger partial charge in [-0.2, -0.15) is 0 Å². The Morgan fingerprint density at radius 3 is 2.18 bits per heavy atom. The molecule has 212 valence electrons. The standard InChI is InChI=1S/C34H47NO4/c1-38-34(37)32(24-27-20-22-30(23-21-27)39-25-28-14-7-3-8-15-28)35-33(36)31(29-17-9-4-10-18-29)19-11-16-26-12-5-2-6-13-26/h2,5-6,12-13,20-23,28-29,31-32H,3-4,7-11,14-19,24-25H2,1H3,(H,35,36)/t31-,32?/m0/s1. The Bertz CT molecular complexity index is 994. The first-order valence-electron chi connectivity index (χ1n) is 15.3. The van der Waals surface area contributed by atoms with Crippen LogP contribution in [0.2, 0.25) is 0 Å². The molecule has 2 saturated carbocycles. The molecule has 39 heavy (non-hydrogen) atoms. The molecule has 0 spiro atoms. The van der Waals surface area contributed by atoms with Gasteiger partial charge < -0.3 is 14.8 Å². The van der Waals surface area contributed by atoms with Gasteiger partial charge in [-0.3, -0.25) is 4.79 Å². The average molecular weight is 534 g/mol. The number of amides is 1. The third kappa shape index (κ3) is 9.40. The van der Waals surface area contributed by atoms with Gasteiger partial charge in [0, 0.05) is 12.3 Å². The number of rotatable bonds is 13. The van der Waals surface area contributed by atoms with Crippen LogP contribution in [0.15, 0.2) is 54.6 Å². The molecule has 2 aliphatic rings. The predicted octanol–water partition coefficient (Wildman–Crippen LogP) is 7.07. The fourth-order valence-corrected chi connectivity index (χ4v) is 6.43. The number of benzene rings is 2. The molecule has 4 rings (SSSR count). The quantitative estimate of drug-likeness (QED) is 0.280. The van der Waals surface area contributed by atoms with Crippen molar-refractivity contribution < 1.29 is 19.1 Å². The molecule has 0 bridgehead atoms. The smallest absolute Gasteiger partial charge is 0.328 e. The molecular formula is C34H47NO4. The van der Waals surface area contributed by atoms with Gasteiger partial charge in [0.25, 0.3) is 0 Å². The van der Waals surface area contributed by atoms with E-state index >= 15 is 0 Å². The maximum Gasteiger partial charge on any atom is 0.328 e. The van der Waals surface area contributed by atoms with E-state index in [0.717, 1.165) is 50.0 Å². The number of carbonyl (C=O) groups excluding carboxylic acids is 2. The zero-order chi connectivity index (χ0) is 27.3. The molecule has 0 saturated heterocycles. The molecule has 2 aromatic carbocycles. The molecule has 2 aromatic rings. The highest BCUT2D eigenvalue weighted by molar-refractivity contribution is 5.86. The van der Waals surface area contributed by atoms with Crippen LogP contribution in [0.25, 0.3) is 0 Å². The maximum atomic E-state index is 13.7. The van der Waals surface area contributed by atoms with Gasteiger partial charge in [-0.1, -0.05) is 81.0 Å². The first-order valence-corrected chi connectivity index (χ1v) is 15.3. The zero-order valence-electron chi connectivity index (χ0n) is 23.7. The Morgan fingerprint density at radius 1 is 0.846 bits per heavy atom. The van der Waals surface area contributed by atoms with Crippen LogP contribution in [0.5, 0.6) is 5.75 Å². The summed E-state index contributed by atoms with van der Waals surface area (Å²) in [5, 5.41) is 3.10. The summed E-state index contributed by atoms with van der Waals surface area (Å²) >= 11 is 0. The fourth-order valence-electron chi connectivity index (χ4n) is 6.43. The van der Waals surface area contributed by atoms with Crippen LogP contribution in [-0.2, 0) is 27.2 Å². The maximum absolute atomic E-state index is 13.7. The van der Waals surface area contributed by atoms with Gasteiger partial charge in [0.05, 0.1) is 13.7 Å². The van der Waals surface area contributed by atoms with Crippen molar-refractivity contribution in [2.45, 2.75) is 95.9 Å². The normalized spacial score (nSPS) is 18.2. The number of aryl methyl sites for hydroxylation is 1. The summed E-state index contributed by atoms with van der Waals surface area (Å²) in [6.07, 6.45) is 15.4. The van der Waals surface area contributed by atoms with Crippen molar-refractivity contribution >= 4 is 11.9 Å². The number of nitrogens with one attached hydrogen (secondary N) is 1. The summed E-state index contributed by atoms with van der Waals surface area (Å²) in [6.45, 7) is 0.771. The molecule has 2 aliphatic carbocycles. The lowest BCUT2D eigenvalue weighted by Gasteiger charge is -2.30. The fraction of sp³-hybridized carbons (Fsp3) is 0.588. The molecule has 0 aliphatic heterocycles. The molecule has 1 N–H and O–H groups in total. The van der Waals surface area contributed by atoms with E-state index in [1.165, 1.54) is 64.0 Å². The molecule has 5 heteroatoms. The minimum Gasteiger partial charge on any atom is -0.493 e.